The normalized spacial score (nSPS) is 13.0. The molecule has 66 valence electrons. The predicted molar refractivity (Wildman–Crippen MR) is 48.7 cm³/mol. The fourth-order valence-electron chi connectivity index (χ4n) is 1.14. The highest BCUT2D eigenvalue weighted by Gasteiger charge is 2.05. The molecule has 3 heteroatoms. The zero-order valence-corrected chi connectivity index (χ0v) is 7.83. The van der Waals surface area contributed by atoms with E-state index in [-0.39, 0.29) is 6.04 Å². The Kier molecular flexibility index (Phi) is 2.76. The molecule has 0 bridgehead atoms. The largest absolute Gasteiger partial charge is 0.324 e. The Balaban J connectivity index is 3.03. The third kappa shape index (κ3) is 1.80. The van der Waals surface area contributed by atoms with E-state index in [0.717, 1.165) is 23.5 Å². The number of hydrogen-bond donors (Lipinski definition) is 1. The summed E-state index contributed by atoms with van der Waals surface area (Å²) in [5.41, 5.74) is 7.76. The van der Waals surface area contributed by atoms with Crippen LogP contribution in [-0.4, -0.2) is 9.97 Å². The maximum absolute atomic E-state index is 5.73. The second-order valence-corrected chi connectivity index (χ2v) is 2.97. The smallest absolute Gasteiger partial charge is 0.128 e. The van der Waals surface area contributed by atoms with Gasteiger partial charge in [-0.2, -0.15) is 0 Å². The molecule has 0 aromatic carbocycles. The number of rotatable bonds is 2. The SMILES string of the molecule is CCc1ncc(C(C)N)c(C)n1. The van der Waals surface area contributed by atoms with Gasteiger partial charge in [0.15, 0.2) is 0 Å². The average molecular weight is 165 g/mol. The van der Waals surface area contributed by atoms with Crippen LogP contribution in [0.2, 0.25) is 0 Å². The van der Waals surface area contributed by atoms with Gasteiger partial charge in [-0.25, -0.2) is 9.97 Å². The summed E-state index contributed by atoms with van der Waals surface area (Å²) in [5, 5.41) is 0. The summed E-state index contributed by atoms with van der Waals surface area (Å²) in [5.74, 6) is 0.886. The molecule has 1 aromatic rings. The quantitative estimate of drug-likeness (QED) is 0.720. The molecule has 0 amide bonds. The van der Waals surface area contributed by atoms with Crippen LogP contribution >= 0.6 is 0 Å². The van der Waals surface area contributed by atoms with Crippen molar-refractivity contribution < 1.29 is 0 Å². The van der Waals surface area contributed by atoms with Crippen molar-refractivity contribution in [1.82, 2.24) is 9.97 Å². The fourth-order valence-corrected chi connectivity index (χ4v) is 1.14. The first-order valence-corrected chi connectivity index (χ1v) is 4.23. The van der Waals surface area contributed by atoms with E-state index in [2.05, 4.69) is 9.97 Å². The molecule has 0 saturated heterocycles. The molecular formula is C9H15N3. The van der Waals surface area contributed by atoms with Gasteiger partial charge in [0.2, 0.25) is 0 Å². The van der Waals surface area contributed by atoms with Gasteiger partial charge in [0, 0.05) is 29.9 Å². The maximum atomic E-state index is 5.73. The summed E-state index contributed by atoms with van der Waals surface area (Å²) < 4.78 is 0. The summed E-state index contributed by atoms with van der Waals surface area (Å²) in [6.45, 7) is 5.96. The minimum absolute atomic E-state index is 0.0240. The summed E-state index contributed by atoms with van der Waals surface area (Å²) in [4.78, 5) is 8.51. The molecule has 0 aliphatic rings. The maximum Gasteiger partial charge on any atom is 0.128 e. The van der Waals surface area contributed by atoms with Gasteiger partial charge in [0.1, 0.15) is 5.82 Å². The van der Waals surface area contributed by atoms with Gasteiger partial charge < -0.3 is 5.73 Å². The molecule has 12 heavy (non-hydrogen) atoms. The second kappa shape index (κ2) is 3.63. The molecule has 1 unspecified atom stereocenters. The van der Waals surface area contributed by atoms with Crippen LogP contribution in [-0.2, 0) is 6.42 Å². The van der Waals surface area contributed by atoms with E-state index in [1.165, 1.54) is 0 Å². The molecule has 1 rings (SSSR count). The first-order chi connectivity index (χ1) is 5.65. The van der Waals surface area contributed by atoms with Gasteiger partial charge >= 0.3 is 0 Å². The van der Waals surface area contributed by atoms with Crippen molar-refractivity contribution in [3.63, 3.8) is 0 Å². The van der Waals surface area contributed by atoms with E-state index in [9.17, 15) is 0 Å². The van der Waals surface area contributed by atoms with Crippen LogP contribution in [0.5, 0.6) is 0 Å². The van der Waals surface area contributed by atoms with Gasteiger partial charge in [-0.3, -0.25) is 0 Å². The van der Waals surface area contributed by atoms with Crippen molar-refractivity contribution in [1.29, 1.82) is 0 Å². The second-order valence-electron chi connectivity index (χ2n) is 2.97. The number of aromatic nitrogens is 2. The zero-order chi connectivity index (χ0) is 9.14. The van der Waals surface area contributed by atoms with E-state index >= 15 is 0 Å². The molecule has 1 atom stereocenters. The van der Waals surface area contributed by atoms with Crippen molar-refractivity contribution in [2.45, 2.75) is 33.2 Å². The standard InChI is InChI=1S/C9H15N3/c1-4-9-11-5-8(6(2)10)7(3)12-9/h5-6H,4,10H2,1-3H3. The highest BCUT2D eigenvalue weighted by atomic mass is 14.9. The molecule has 3 nitrogen and oxygen atoms in total. The molecule has 0 aliphatic carbocycles. The van der Waals surface area contributed by atoms with Gasteiger partial charge in [-0.1, -0.05) is 6.92 Å². The molecule has 0 fully saturated rings. The monoisotopic (exact) mass is 165 g/mol. The van der Waals surface area contributed by atoms with Gasteiger partial charge in [0.05, 0.1) is 0 Å². The van der Waals surface area contributed by atoms with E-state index in [1.807, 2.05) is 27.0 Å². The molecule has 1 heterocycles. The van der Waals surface area contributed by atoms with Crippen LogP contribution in [0.3, 0.4) is 0 Å². The number of hydrogen-bond acceptors (Lipinski definition) is 3. The van der Waals surface area contributed by atoms with Gasteiger partial charge in [-0.15, -0.1) is 0 Å². The van der Waals surface area contributed by atoms with E-state index < -0.39 is 0 Å². The van der Waals surface area contributed by atoms with Crippen molar-refractivity contribution in [3.8, 4) is 0 Å². The molecule has 1 aromatic heterocycles. The average Bonchev–Trinajstić information content (AvgIpc) is 2.03. The van der Waals surface area contributed by atoms with E-state index in [0.29, 0.717) is 0 Å². The summed E-state index contributed by atoms with van der Waals surface area (Å²) in [6, 6.07) is 0.0240. The summed E-state index contributed by atoms with van der Waals surface area (Å²) >= 11 is 0. The van der Waals surface area contributed by atoms with Crippen LogP contribution in [0.4, 0.5) is 0 Å². The van der Waals surface area contributed by atoms with Crippen molar-refractivity contribution in [2.75, 3.05) is 0 Å². The van der Waals surface area contributed by atoms with Crippen molar-refractivity contribution >= 4 is 0 Å². The Morgan fingerprint density at radius 3 is 2.67 bits per heavy atom. The van der Waals surface area contributed by atoms with Gasteiger partial charge in [-0.05, 0) is 13.8 Å². The lowest BCUT2D eigenvalue weighted by atomic mass is 10.1. The first kappa shape index (κ1) is 9.13. The minimum atomic E-state index is 0.0240. The number of nitrogens with zero attached hydrogens (tertiary/aromatic N) is 2. The molecule has 0 saturated carbocycles. The van der Waals surface area contributed by atoms with E-state index in [4.69, 9.17) is 5.73 Å². The Bertz CT molecular complexity index is 268. The Labute approximate surface area is 73.0 Å². The summed E-state index contributed by atoms with van der Waals surface area (Å²) in [7, 11) is 0. The zero-order valence-electron chi connectivity index (χ0n) is 7.83. The lowest BCUT2D eigenvalue weighted by molar-refractivity contribution is 0.774. The fraction of sp³-hybridized carbons (Fsp3) is 0.556. The topological polar surface area (TPSA) is 51.8 Å². The highest BCUT2D eigenvalue weighted by Crippen LogP contribution is 2.11. The Morgan fingerprint density at radius 2 is 2.25 bits per heavy atom. The lowest BCUT2D eigenvalue weighted by Gasteiger charge is -2.08. The molecule has 0 radical (unpaired) electrons. The highest BCUT2D eigenvalue weighted by molar-refractivity contribution is 5.19. The molecule has 0 aliphatic heterocycles. The third-order valence-corrected chi connectivity index (χ3v) is 1.87. The van der Waals surface area contributed by atoms with Crippen LogP contribution in [0.15, 0.2) is 6.20 Å². The third-order valence-electron chi connectivity index (χ3n) is 1.87. The molecule has 0 spiro atoms. The van der Waals surface area contributed by atoms with Gasteiger partial charge in [0.25, 0.3) is 0 Å². The predicted octanol–water partition coefficient (Wildman–Crippen LogP) is 1.37. The lowest BCUT2D eigenvalue weighted by Crippen LogP contribution is -2.10. The first-order valence-electron chi connectivity index (χ1n) is 4.23. The Hall–Kier alpha value is -0.960. The summed E-state index contributed by atoms with van der Waals surface area (Å²) in [6.07, 6.45) is 2.70. The molecule has 2 N–H and O–H groups in total. The van der Waals surface area contributed by atoms with Crippen LogP contribution < -0.4 is 5.73 Å². The minimum Gasteiger partial charge on any atom is -0.324 e. The van der Waals surface area contributed by atoms with Crippen LogP contribution in [0, 0.1) is 6.92 Å². The number of nitrogens with two attached hydrogens (primary N) is 1. The number of aryl methyl sites for hydroxylation is 2. The Morgan fingerprint density at radius 1 is 1.58 bits per heavy atom. The van der Waals surface area contributed by atoms with Crippen LogP contribution in [0.25, 0.3) is 0 Å². The van der Waals surface area contributed by atoms with Crippen molar-refractivity contribution in [2.24, 2.45) is 5.73 Å². The van der Waals surface area contributed by atoms with Crippen molar-refractivity contribution in [3.05, 3.63) is 23.3 Å². The molecular weight excluding hydrogens is 150 g/mol. The van der Waals surface area contributed by atoms with E-state index in [1.54, 1.807) is 0 Å². The van der Waals surface area contributed by atoms with Crippen LogP contribution in [0.1, 0.15) is 37.0 Å².